The summed E-state index contributed by atoms with van der Waals surface area (Å²) in [5, 5.41) is 1.23. The molecule has 0 unspecified atom stereocenters. The Bertz CT molecular complexity index is 736. The SMILES string of the molecule is COC(=O)[C@@H](c1ccccc1Cl)N1CCO[C@H](c2ccc(Cl)cc2)C1. The van der Waals surface area contributed by atoms with Gasteiger partial charge < -0.3 is 9.47 Å². The van der Waals surface area contributed by atoms with E-state index in [1.54, 1.807) is 6.07 Å². The largest absolute Gasteiger partial charge is 0.468 e. The fourth-order valence-electron chi connectivity index (χ4n) is 3.06. The van der Waals surface area contributed by atoms with E-state index < -0.39 is 6.04 Å². The van der Waals surface area contributed by atoms with E-state index in [1.807, 2.05) is 42.5 Å². The molecule has 2 atom stereocenters. The van der Waals surface area contributed by atoms with Gasteiger partial charge in [-0.25, -0.2) is 4.79 Å². The highest BCUT2D eigenvalue weighted by Crippen LogP contribution is 2.33. The van der Waals surface area contributed by atoms with Gasteiger partial charge in [-0.05, 0) is 29.3 Å². The molecule has 0 aromatic heterocycles. The number of rotatable bonds is 4. The van der Waals surface area contributed by atoms with Crippen LogP contribution >= 0.6 is 23.2 Å². The lowest BCUT2D eigenvalue weighted by Crippen LogP contribution is -2.43. The minimum absolute atomic E-state index is 0.138. The predicted octanol–water partition coefficient (Wildman–Crippen LogP) is 4.28. The molecule has 1 aliphatic heterocycles. The second-order valence-electron chi connectivity index (χ2n) is 5.85. The molecule has 0 saturated carbocycles. The molecule has 25 heavy (non-hydrogen) atoms. The van der Waals surface area contributed by atoms with Crippen LogP contribution in [0.5, 0.6) is 0 Å². The third kappa shape index (κ3) is 4.15. The standard InChI is InChI=1S/C19H19Cl2NO3/c1-24-19(23)18(15-4-2-3-5-16(15)21)22-10-11-25-17(12-22)13-6-8-14(20)9-7-13/h2-9,17-18H,10-12H2,1H3/t17-,18+/m0/s1. The summed E-state index contributed by atoms with van der Waals surface area (Å²) in [5.74, 6) is -0.329. The normalized spacial score (nSPS) is 19.4. The molecule has 0 bridgehead atoms. The first-order chi connectivity index (χ1) is 12.1. The van der Waals surface area contributed by atoms with Gasteiger partial charge in [-0.3, -0.25) is 4.90 Å². The molecule has 0 aliphatic carbocycles. The van der Waals surface area contributed by atoms with Crippen molar-refractivity contribution >= 4 is 29.2 Å². The molecule has 0 amide bonds. The summed E-state index contributed by atoms with van der Waals surface area (Å²) in [6.45, 7) is 1.70. The van der Waals surface area contributed by atoms with E-state index >= 15 is 0 Å². The Morgan fingerprint density at radius 1 is 1.20 bits per heavy atom. The van der Waals surface area contributed by atoms with Gasteiger partial charge in [0.15, 0.2) is 0 Å². The van der Waals surface area contributed by atoms with Gasteiger partial charge in [-0.2, -0.15) is 0 Å². The van der Waals surface area contributed by atoms with Crippen LogP contribution in [0.3, 0.4) is 0 Å². The quantitative estimate of drug-likeness (QED) is 0.743. The average Bonchev–Trinajstić information content (AvgIpc) is 2.64. The molecule has 1 heterocycles. The molecule has 0 spiro atoms. The lowest BCUT2D eigenvalue weighted by atomic mass is 10.0. The van der Waals surface area contributed by atoms with Crippen LogP contribution in [-0.4, -0.2) is 37.7 Å². The van der Waals surface area contributed by atoms with E-state index in [-0.39, 0.29) is 12.1 Å². The van der Waals surface area contributed by atoms with Crippen molar-refractivity contribution in [2.75, 3.05) is 26.8 Å². The van der Waals surface area contributed by atoms with E-state index in [9.17, 15) is 4.79 Å². The summed E-state index contributed by atoms with van der Waals surface area (Å²) in [6.07, 6.45) is -0.138. The molecule has 0 radical (unpaired) electrons. The number of benzene rings is 2. The van der Waals surface area contributed by atoms with Crippen LogP contribution in [-0.2, 0) is 14.3 Å². The summed E-state index contributed by atoms with van der Waals surface area (Å²) < 4.78 is 10.9. The number of ether oxygens (including phenoxy) is 2. The van der Waals surface area contributed by atoms with Gasteiger partial charge in [-0.15, -0.1) is 0 Å². The first-order valence-electron chi connectivity index (χ1n) is 8.03. The zero-order valence-corrected chi connectivity index (χ0v) is 15.3. The minimum Gasteiger partial charge on any atom is -0.468 e. The van der Waals surface area contributed by atoms with E-state index in [2.05, 4.69) is 4.90 Å². The van der Waals surface area contributed by atoms with Gasteiger partial charge in [0, 0.05) is 23.1 Å². The Labute approximate surface area is 157 Å². The highest BCUT2D eigenvalue weighted by atomic mass is 35.5. The smallest absolute Gasteiger partial charge is 0.327 e. The average molecular weight is 380 g/mol. The molecule has 6 heteroatoms. The number of morpholine rings is 1. The Hall–Kier alpha value is -1.59. The third-order valence-corrected chi connectivity index (χ3v) is 4.93. The van der Waals surface area contributed by atoms with Crippen LogP contribution in [0.2, 0.25) is 10.0 Å². The molecule has 1 aliphatic rings. The molecular weight excluding hydrogens is 361 g/mol. The van der Waals surface area contributed by atoms with Crippen LogP contribution in [0.15, 0.2) is 48.5 Å². The van der Waals surface area contributed by atoms with Gasteiger partial charge in [0.2, 0.25) is 0 Å². The van der Waals surface area contributed by atoms with E-state index in [0.29, 0.717) is 29.7 Å². The fraction of sp³-hybridized carbons (Fsp3) is 0.316. The molecule has 2 aromatic carbocycles. The first kappa shape index (κ1) is 18.2. The Balaban J connectivity index is 1.87. The van der Waals surface area contributed by atoms with Crippen molar-refractivity contribution in [2.45, 2.75) is 12.1 Å². The van der Waals surface area contributed by atoms with E-state index in [0.717, 1.165) is 11.1 Å². The molecule has 2 aromatic rings. The minimum atomic E-state index is -0.558. The topological polar surface area (TPSA) is 38.8 Å². The fourth-order valence-corrected chi connectivity index (χ4v) is 3.43. The summed E-state index contributed by atoms with van der Waals surface area (Å²) in [5.41, 5.74) is 1.77. The third-order valence-electron chi connectivity index (χ3n) is 4.33. The molecule has 4 nitrogen and oxygen atoms in total. The number of halogens is 2. The molecular formula is C19H19Cl2NO3. The number of hydrogen-bond donors (Lipinski definition) is 0. The Morgan fingerprint density at radius 2 is 1.92 bits per heavy atom. The second-order valence-corrected chi connectivity index (χ2v) is 6.70. The molecule has 0 N–H and O–H groups in total. The van der Waals surface area contributed by atoms with Crippen molar-refractivity contribution in [1.82, 2.24) is 4.90 Å². The highest BCUT2D eigenvalue weighted by molar-refractivity contribution is 6.31. The van der Waals surface area contributed by atoms with Gasteiger partial charge >= 0.3 is 5.97 Å². The van der Waals surface area contributed by atoms with Crippen molar-refractivity contribution in [3.8, 4) is 0 Å². The molecule has 132 valence electrons. The van der Waals surface area contributed by atoms with Crippen molar-refractivity contribution in [2.24, 2.45) is 0 Å². The van der Waals surface area contributed by atoms with Gasteiger partial charge in [0.25, 0.3) is 0 Å². The number of esters is 1. The lowest BCUT2D eigenvalue weighted by molar-refractivity contribution is -0.150. The number of carbonyl (C=O) groups is 1. The van der Waals surface area contributed by atoms with Crippen molar-refractivity contribution < 1.29 is 14.3 Å². The molecule has 1 fully saturated rings. The number of hydrogen-bond acceptors (Lipinski definition) is 4. The van der Waals surface area contributed by atoms with Crippen molar-refractivity contribution in [3.63, 3.8) is 0 Å². The lowest BCUT2D eigenvalue weighted by Gasteiger charge is -2.37. The summed E-state index contributed by atoms with van der Waals surface area (Å²) in [7, 11) is 1.39. The van der Waals surface area contributed by atoms with Crippen LogP contribution in [0.25, 0.3) is 0 Å². The van der Waals surface area contributed by atoms with E-state index in [4.69, 9.17) is 32.7 Å². The molecule has 3 rings (SSSR count). The van der Waals surface area contributed by atoms with Gasteiger partial charge in [-0.1, -0.05) is 53.5 Å². The maximum absolute atomic E-state index is 12.5. The summed E-state index contributed by atoms with van der Waals surface area (Å²) >= 11 is 12.3. The van der Waals surface area contributed by atoms with Gasteiger partial charge in [0.1, 0.15) is 6.04 Å². The van der Waals surface area contributed by atoms with Crippen LogP contribution in [0.1, 0.15) is 23.3 Å². The second kappa shape index (κ2) is 8.19. The van der Waals surface area contributed by atoms with Crippen molar-refractivity contribution in [3.05, 3.63) is 69.7 Å². The maximum atomic E-state index is 12.5. The van der Waals surface area contributed by atoms with Crippen LogP contribution in [0, 0.1) is 0 Å². The van der Waals surface area contributed by atoms with Gasteiger partial charge in [0.05, 0.1) is 19.8 Å². The van der Waals surface area contributed by atoms with E-state index in [1.165, 1.54) is 7.11 Å². The number of nitrogens with zero attached hydrogens (tertiary/aromatic N) is 1. The van der Waals surface area contributed by atoms with Crippen molar-refractivity contribution in [1.29, 1.82) is 0 Å². The number of methoxy groups -OCH3 is 1. The maximum Gasteiger partial charge on any atom is 0.327 e. The summed E-state index contributed by atoms with van der Waals surface area (Å²) in [6, 6.07) is 14.4. The monoisotopic (exact) mass is 379 g/mol. The molecule has 1 saturated heterocycles. The number of carbonyl (C=O) groups excluding carboxylic acids is 1. The predicted molar refractivity (Wildman–Crippen MR) is 97.9 cm³/mol. The Morgan fingerprint density at radius 3 is 2.60 bits per heavy atom. The zero-order chi connectivity index (χ0) is 17.8. The Kier molecular flexibility index (Phi) is 5.97. The first-order valence-corrected chi connectivity index (χ1v) is 8.79. The van der Waals surface area contributed by atoms with Crippen LogP contribution in [0.4, 0.5) is 0 Å². The zero-order valence-electron chi connectivity index (χ0n) is 13.8. The van der Waals surface area contributed by atoms with Crippen LogP contribution < -0.4 is 0 Å². The highest BCUT2D eigenvalue weighted by Gasteiger charge is 2.34. The summed E-state index contributed by atoms with van der Waals surface area (Å²) in [4.78, 5) is 14.5.